The van der Waals surface area contributed by atoms with Crippen LogP contribution in [0.25, 0.3) is 6.08 Å². The van der Waals surface area contributed by atoms with Crippen molar-refractivity contribution < 1.29 is 19.0 Å². The van der Waals surface area contributed by atoms with Gasteiger partial charge < -0.3 is 14.2 Å². The quantitative estimate of drug-likeness (QED) is 0.511. The number of nitrogens with zero attached hydrogens (tertiary/aromatic N) is 1. The van der Waals surface area contributed by atoms with E-state index in [2.05, 4.69) is 20.9 Å². The Hall–Kier alpha value is -2.60. The van der Waals surface area contributed by atoms with Gasteiger partial charge in [0.2, 0.25) is 5.90 Å². The number of hydrogen-bond donors (Lipinski definition) is 0. The minimum Gasteiger partial charge on any atom is -0.493 e. The smallest absolute Gasteiger partial charge is 0.363 e. The summed E-state index contributed by atoms with van der Waals surface area (Å²) >= 11 is 3.44. The molecule has 0 spiro atoms. The Morgan fingerprint density at radius 3 is 2.73 bits per heavy atom. The maximum atomic E-state index is 12.2. The van der Waals surface area contributed by atoms with E-state index >= 15 is 0 Å². The fourth-order valence-electron chi connectivity index (χ4n) is 2.42. The van der Waals surface area contributed by atoms with E-state index in [1.54, 1.807) is 19.3 Å². The summed E-state index contributed by atoms with van der Waals surface area (Å²) in [6, 6.07) is 12.9. The maximum Gasteiger partial charge on any atom is 0.363 e. The van der Waals surface area contributed by atoms with Gasteiger partial charge in [-0.05, 0) is 58.3 Å². The summed E-state index contributed by atoms with van der Waals surface area (Å²) in [4.78, 5) is 16.5. The number of carbonyl (C=O) groups excluding carboxylic acids is 1. The number of benzene rings is 2. The average Bonchev–Trinajstić information content (AvgIpc) is 3.01. The Morgan fingerprint density at radius 1 is 1.19 bits per heavy atom. The van der Waals surface area contributed by atoms with Gasteiger partial charge in [0, 0.05) is 4.47 Å². The number of methoxy groups -OCH3 is 1. The van der Waals surface area contributed by atoms with Crippen LogP contribution in [-0.4, -0.2) is 25.6 Å². The van der Waals surface area contributed by atoms with Crippen LogP contribution in [0, 0.1) is 0 Å². The van der Waals surface area contributed by atoms with Gasteiger partial charge in [0.15, 0.2) is 17.2 Å². The number of hydrogen-bond acceptors (Lipinski definition) is 5. The SMILES string of the molecule is CCCOc1ccc(/C=C2\N=C(c3ccccc3Br)OC2=O)cc1OC. The van der Waals surface area contributed by atoms with E-state index in [0.29, 0.717) is 18.1 Å². The molecule has 0 aromatic heterocycles. The van der Waals surface area contributed by atoms with Crippen LogP contribution in [0.4, 0.5) is 0 Å². The van der Waals surface area contributed by atoms with Gasteiger partial charge in [-0.25, -0.2) is 9.79 Å². The largest absolute Gasteiger partial charge is 0.493 e. The molecule has 0 atom stereocenters. The minimum absolute atomic E-state index is 0.236. The Balaban J connectivity index is 1.89. The monoisotopic (exact) mass is 415 g/mol. The van der Waals surface area contributed by atoms with E-state index in [1.807, 2.05) is 43.3 Å². The molecule has 0 amide bonds. The van der Waals surface area contributed by atoms with Crippen LogP contribution in [-0.2, 0) is 9.53 Å². The first-order valence-electron chi connectivity index (χ1n) is 8.20. The molecule has 1 aliphatic heterocycles. The standard InChI is InChI=1S/C20H18BrNO4/c1-3-10-25-17-9-8-13(12-18(17)24-2)11-16-20(23)26-19(22-16)14-6-4-5-7-15(14)21/h4-9,11-12H,3,10H2,1-2H3/b16-11-. The second-order valence-corrected chi connectivity index (χ2v) is 6.43. The number of aliphatic imine (C=N–C) groups is 1. The highest BCUT2D eigenvalue weighted by atomic mass is 79.9. The van der Waals surface area contributed by atoms with Crippen LogP contribution in [0.2, 0.25) is 0 Å². The van der Waals surface area contributed by atoms with Crippen molar-refractivity contribution in [1.82, 2.24) is 0 Å². The van der Waals surface area contributed by atoms with Gasteiger partial charge in [-0.3, -0.25) is 0 Å². The molecular formula is C20H18BrNO4. The lowest BCUT2D eigenvalue weighted by Crippen LogP contribution is -2.05. The van der Waals surface area contributed by atoms with E-state index in [1.165, 1.54) is 0 Å². The highest BCUT2D eigenvalue weighted by Crippen LogP contribution is 2.30. The summed E-state index contributed by atoms with van der Waals surface area (Å²) in [7, 11) is 1.58. The van der Waals surface area contributed by atoms with Crippen molar-refractivity contribution in [1.29, 1.82) is 0 Å². The van der Waals surface area contributed by atoms with Gasteiger partial charge in [0.05, 0.1) is 19.3 Å². The fraction of sp³-hybridized carbons (Fsp3) is 0.200. The second-order valence-electron chi connectivity index (χ2n) is 5.57. The molecule has 134 valence electrons. The van der Waals surface area contributed by atoms with Crippen molar-refractivity contribution >= 4 is 33.9 Å². The summed E-state index contributed by atoms with van der Waals surface area (Å²) in [6.07, 6.45) is 2.58. The van der Waals surface area contributed by atoms with Crippen molar-refractivity contribution in [3.63, 3.8) is 0 Å². The lowest BCUT2D eigenvalue weighted by Gasteiger charge is -2.10. The third-order valence-corrected chi connectivity index (χ3v) is 4.37. The number of ether oxygens (including phenoxy) is 3. The Kier molecular flexibility index (Phi) is 5.73. The molecule has 0 bridgehead atoms. The van der Waals surface area contributed by atoms with E-state index in [0.717, 1.165) is 22.0 Å². The molecule has 1 heterocycles. The molecule has 2 aromatic rings. The number of halogens is 1. The summed E-state index contributed by atoms with van der Waals surface area (Å²) in [6.45, 7) is 2.65. The minimum atomic E-state index is -0.485. The van der Waals surface area contributed by atoms with Crippen LogP contribution in [0.5, 0.6) is 11.5 Å². The normalized spacial score (nSPS) is 15.0. The van der Waals surface area contributed by atoms with Gasteiger partial charge in [-0.15, -0.1) is 0 Å². The third-order valence-electron chi connectivity index (χ3n) is 3.68. The Labute approximate surface area is 160 Å². The number of esters is 1. The molecular weight excluding hydrogens is 398 g/mol. The van der Waals surface area contributed by atoms with E-state index in [4.69, 9.17) is 14.2 Å². The van der Waals surface area contributed by atoms with E-state index in [-0.39, 0.29) is 11.6 Å². The molecule has 1 aliphatic rings. The molecule has 3 rings (SSSR count). The van der Waals surface area contributed by atoms with Crippen LogP contribution in [0.1, 0.15) is 24.5 Å². The topological polar surface area (TPSA) is 57.1 Å². The van der Waals surface area contributed by atoms with E-state index < -0.39 is 5.97 Å². The fourth-order valence-corrected chi connectivity index (χ4v) is 2.88. The van der Waals surface area contributed by atoms with Gasteiger partial charge in [-0.1, -0.05) is 25.1 Å². The van der Waals surface area contributed by atoms with Gasteiger partial charge in [-0.2, -0.15) is 0 Å². The lowest BCUT2D eigenvalue weighted by atomic mass is 10.1. The van der Waals surface area contributed by atoms with Gasteiger partial charge in [0.25, 0.3) is 0 Å². The molecule has 6 heteroatoms. The summed E-state index contributed by atoms with van der Waals surface area (Å²) in [5.74, 6) is 1.07. The zero-order valence-electron chi connectivity index (χ0n) is 14.5. The molecule has 0 radical (unpaired) electrons. The Morgan fingerprint density at radius 2 is 2.00 bits per heavy atom. The first kappa shape index (κ1) is 18.2. The van der Waals surface area contributed by atoms with Crippen LogP contribution < -0.4 is 9.47 Å². The summed E-state index contributed by atoms with van der Waals surface area (Å²) in [5, 5.41) is 0. The molecule has 0 unspecified atom stereocenters. The molecule has 0 saturated carbocycles. The predicted molar refractivity (Wildman–Crippen MR) is 104 cm³/mol. The molecule has 0 saturated heterocycles. The highest BCUT2D eigenvalue weighted by molar-refractivity contribution is 9.10. The molecule has 0 N–H and O–H groups in total. The van der Waals surface area contributed by atoms with Crippen molar-refractivity contribution in [2.24, 2.45) is 4.99 Å². The van der Waals surface area contributed by atoms with Gasteiger partial charge >= 0.3 is 5.97 Å². The average molecular weight is 416 g/mol. The second kappa shape index (κ2) is 8.19. The molecule has 0 fully saturated rings. The number of cyclic esters (lactones) is 1. The zero-order chi connectivity index (χ0) is 18.5. The Bertz CT molecular complexity index is 889. The molecule has 2 aromatic carbocycles. The summed E-state index contributed by atoms with van der Waals surface area (Å²) < 4.78 is 17.1. The van der Waals surface area contributed by atoms with Crippen molar-refractivity contribution in [2.75, 3.05) is 13.7 Å². The predicted octanol–water partition coefficient (Wildman–Crippen LogP) is 4.59. The highest BCUT2D eigenvalue weighted by Gasteiger charge is 2.25. The van der Waals surface area contributed by atoms with Crippen molar-refractivity contribution in [3.8, 4) is 11.5 Å². The zero-order valence-corrected chi connectivity index (χ0v) is 16.1. The number of carbonyl (C=O) groups is 1. The molecule has 5 nitrogen and oxygen atoms in total. The molecule has 0 aliphatic carbocycles. The van der Waals surface area contributed by atoms with Gasteiger partial charge in [0.1, 0.15) is 0 Å². The third kappa shape index (κ3) is 3.96. The summed E-state index contributed by atoms with van der Waals surface area (Å²) in [5.41, 5.74) is 1.74. The van der Waals surface area contributed by atoms with Crippen molar-refractivity contribution in [3.05, 3.63) is 63.8 Å². The first-order valence-corrected chi connectivity index (χ1v) is 9.00. The van der Waals surface area contributed by atoms with Crippen LogP contribution in [0.15, 0.2) is 57.6 Å². The van der Waals surface area contributed by atoms with Crippen LogP contribution >= 0.6 is 15.9 Å². The lowest BCUT2D eigenvalue weighted by molar-refractivity contribution is -0.129. The van der Waals surface area contributed by atoms with E-state index in [9.17, 15) is 4.79 Å². The maximum absolute atomic E-state index is 12.2. The number of rotatable bonds is 6. The van der Waals surface area contributed by atoms with Crippen LogP contribution in [0.3, 0.4) is 0 Å². The first-order chi connectivity index (χ1) is 12.6. The molecule has 26 heavy (non-hydrogen) atoms. The van der Waals surface area contributed by atoms with Crippen molar-refractivity contribution in [2.45, 2.75) is 13.3 Å².